The molecule has 2 aliphatic rings. The standard InChI is InChI=1S/C24H32ClN5OS/c1-16-9-18(11-20(25)10-16)13-29-7-5-17(6-8-29)15-31-22-12-23(26)30(24(27)28-32-2)14-21(22)19-3-4-19/h9-12,14,17,19,26H,3-8,13,15H2,1-2H3,(H2,27,28). The summed E-state index contributed by atoms with van der Waals surface area (Å²) in [4.78, 5) is 2.50. The summed E-state index contributed by atoms with van der Waals surface area (Å²) in [6.07, 6.45) is 8.36. The van der Waals surface area contributed by atoms with E-state index in [9.17, 15) is 0 Å². The number of rotatable bonds is 7. The number of nitrogens with zero attached hydrogens (tertiary/aromatic N) is 3. The molecule has 0 unspecified atom stereocenters. The SMILES string of the molecule is CS/N=C(\N)n1cc(C2CC2)c(OCC2CCN(Cc3cc(C)cc(Cl)c3)CC2)cc1=N. The zero-order valence-corrected chi connectivity index (χ0v) is 20.4. The number of hydrogen-bond acceptors (Lipinski definition) is 5. The second-order valence-electron chi connectivity index (χ2n) is 8.92. The number of ether oxygens (including phenoxy) is 1. The summed E-state index contributed by atoms with van der Waals surface area (Å²) in [7, 11) is 0. The molecule has 1 saturated carbocycles. The Morgan fingerprint density at radius 2 is 1.97 bits per heavy atom. The summed E-state index contributed by atoms with van der Waals surface area (Å²) < 4.78 is 12.1. The van der Waals surface area contributed by atoms with Crippen LogP contribution in [0.3, 0.4) is 0 Å². The third kappa shape index (κ3) is 5.88. The fraction of sp³-hybridized carbons (Fsp3) is 0.500. The molecule has 1 saturated heterocycles. The number of aryl methyl sites for hydroxylation is 1. The number of halogens is 1. The first kappa shape index (κ1) is 23.2. The topological polar surface area (TPSA) is 79.6 Å². The fourth-order valence-electron chi connectivity index (χ4n) is 4.38. The molecule has 2 aromatic rings. The molecule has 3 N–H and O–H groups in total. The molecular formula is C24H32ClN5OS. The predicted octanol–water partition coefficient (Wildman–Crippen LogP) is 4.54. The molecule has 0 bridgehead atoms. The molecular weight excluding hydrogens is 442 g/mol. The monoisotopic (exact) mass is 473 g/mol. The molecule has 2 fully saturated rings. The zero-order chi connectivity index (χ0) is 22.7. The number of nitrogens with two attached hydrogens (primary N) is 1. The lowest BCUT2D eigenvalue weighted by Gasteiger charge is -2.32. The van der Waals surface area contributed by atoms with Crippen LogP contribution in [0.2, 0.25) is 5.02 Å². The second kappa shape index (κ2) is 10.3. The van der Waals surface area contributed by atoms with Crippen LogP contribution in [0, 0.1) is 18.3 Å². The van der Waals surface area contributed by atoms with Crippen LogP contribution >= 0.6 is 23.5 Å². The van der Waals surface area contributed by atoms with Gasteiger partial charge < -0.3 is 10.5 Å². The molecule has 0 radical (unpaired) electrons. The van der Waals surface area contributed by atoms with Gasteiger partial charge in [-0.3, -0.25) is 14.9 Å². The molecule has 0 amide bonds. The molecule has 2 heterocycles. The highest BCUT2D eigenvalue weighted by atomic mass is 35.5. The van der Waals surface area contributed by atoms with Gasteiger partial charge in [0.05, 0.1) is 6.61 Å². The van der Waals surface area contributed by atoms with Crippen molar-refractivity contribution in [1.82, 2.24) is 9.47 Å². The van der Waals surface area contributed by atoms with Crippen LogP contribution in [-0.2, 0) is 6.54 Å². The summed E-state index contributed by atoms with van der Waals surface area (Å²) in [5.74, 6) is 2.20. The van der Waals surface area contributed by atoms with Crippen LogP contribution in [0.15, 0.2) is 34.9 Å². The minimum absolute atomic E-state index is 0.298. The van der Waals surface area contributed by atoms with Crippen LogP contribution < -0.4 is 16.0 Å². The number of pyridine rings is 1. The van der Waals surface area contributed by atoms with Crippen molar-refractivity contribution in [2.75, 3.05) is 26.0 Å². The maximum Gasteiger partial charge on any atom is 0.212 e. The zero-order valence-electron chi connectivity index (χ0n) is 18.8. The smallest absolute Gasteiger partial charge is 0.212 e. The Bertz CT molecular complexity index is 1020. The Balaban J connectivity index is 1.35. The third-order valence-corrected chi connectivity index (χ3v) is 6.81. The first-order chi connectivity index (χ1) is 15.4. The Labute approximate surface area is 199 Å². The van der Waals surface area contributed by atoms with Gasteiger partial charge >= 0.3 is 0 Å². The first-order valence-corrected chi connectivity index (χ1v) is 12.8. The number of benzene rings is 1. The van der Waals surface area contributed by atoms with E-state index in [1.165, 1.54) is 23.1 Å². The largest absolute Gasteiger partial charge is 0.493 e. The van der Waals surface area contributed by atoms with Crippen molar-refractivity contribution < 1.29 is 4.74 Å². The molecule has 6 nitrogen and oxygen atoms in total. The van der Waals surface area contributed by atoms with Crippen LogP contribution in [0.5, 0.6) is 5.75 Å². The average Bonchev–Trinajstić information content (AvgIpc) is 3.58. The molecule has 8 heteroatoms. The quantitative estimate of drug-likeness (QED) is 0.351. The fourth-order valence-corrected chi connectivity index (χ4v) is 4.97. The molecule has 172 valence electrons. The van der Waals surface area contributed by atoms with E-state index in [-0.39, 0.29) is 0 Å². The predicted molar refractivity (Wildman–Crippen MR) is 132 cm³/mol. The lowest BCUT2D eigenvalue weighted by atomic mass is 9.97. The van der Waals surface area contributed by atoms with E-state index in [0.29, 0.717) is 29.9 Å². The normalized spacial score (nSPS) is 18.2. The number of nitrogens with one attached hydrogen (secondary N) is 1. The van der Waals surface area contributed by atoms with E-state index < -0.39 is 0 Å². The highest BCUT2D eigenvalue weighted by Gasteiger charge is 2.29. The Morgan fingerprint density at radius 3 is 2.62 bits per heavy atom. The van der Waals surface area contributed by atoms with Crippen molar-refractivity contribution in [3.8, 4) is 5.75 Å². The first-order valence-electron chi connectivity index (χ1n) is 11.2. The van der Waals surface area contributed by atoms with E-state index >= 15 is 0 Å². The lowest BCUT2D eigenvalue weighted by molar-refractivity contribution is 0.136. The van der Waals surface area contributed by atoms with Gasteiger partial charge in [-0.15, -0.1) is 0 Å². The van der Waals surface area contributed by atoms with Crippen LogP contribution in [-0.4, -0.2) is 41.4 Å². The number of likely N-dealkylation sites (tertiary alicyclic amines) is 1. The maximum atomic E-state index is 8.36. The van der Waals surface area contributed by atoms with Crippen molar-refractivity contribution >= 4 is 29.5 Å². The van der Waals surface area contributed by atoms with Gasteiger partial charge in [0.15, 0.2) is 0 Å². The molecule has 4 rings (SSSR count). The van der Waals surface area contributed by atoms with Crippen molar-refractivity contribution in [1.29, 1.82) is 5.41 Å². The van der Waals surface area contributed by atoms with Crippen LogP contribution in [0.25, 0.3) is 0 Å². The Kier molecular flexibility index (Phi) is 7.48. The number of aromatic nitrogens is 1. The summed E-state index contributed by atoms with van der Waals surface area (Å²) in [5.41, 5.74) is 9.98. The minimum Gasteiger partial charge on any atom is -0.493 e. The molecule has 1 aliphatic heterocycles. The van der Waals surface area contributed by atoms with E-state index in [1.807, 2.05) is 18.5 Å². The highest BCUT2D eigenvalue weighted by molar-refractivity contribution is 7.97. The molecule has 1 aromatic carbocycles. The van der Waals surface area contributed by atoms with Crippen LogP contribution in [0.1, 0.15) is 48.3 Å². The van der Waals surface area contributed by atoms with Crippen molar-refractivity contribution in [2.24, 2.45) is 16.0 Å². The molecule has 0 spiro atoms. The van der Waals surface area contributed by atoms with Gasteiger partial charge in [0, 0.05) is 35.6 Å². The summed E-state index contributed by atoms with van der Waals surface area (Å²) >= 11 is 7.51. The van der Waals surface area contributed by atoms with Crippen LogP contribution in [0.4, 0.5) is 0 Å². The lowest BCUT2D eigenvalue weighted by Crippen LogP contribution is -2.35. The van der Waals surface area contributed by atoms with E-state index in [0.717, 1.165) is 61.7 Å². The highest BCUT2D eigenvalue weighted by Crippen LogP contribution is 2.43. The van der Waals surface area contributed by atoms with Gasteiger partial charge in [0.1, 0.15) is 11.2 Å². The van der Waals surface area contributed by atoms with E-state index in [1.54, 1.807) is 10.6 Å². The number of hydrogen-bond donors (Lipinski definition) is 2. The summed E-state index contributed by atoms with van der Waals surface area (Å²) in [5, 5.41) is 9.18. The Morgan fingerprint density at radius 1 is 1.22 bits per heavy atom. The second-order valence-corrected chi connectivity index (χ2v) is 9.91. The van der Waals surface area contributed by atoms with Crippen molar-refractivity contribution in [3.63, 3.8) is 0 Å². The molecule has 32 heavy (non-hydrogen) atoms. The van der Waals surface area contributed by atoms with E-state index in [2.05, 4.69) is 28.4 Å². The van der Waals surface area contributed by atoms with Crippen molar-refractivity contribution in [3.05, 3.63) is 57.7 Å². The molecule has 1 aromatic heterocycles. The summed E-state index contributed by atoms with van der Waals surface area (Å²) in [6, 6.07) is 8.09. The molecule has 0 atom stereocenters. The third-order valence-electron chi connectivity index (χ3n) is 6.22. The van der Waals surface area contributed by atoms with Gasteiger partial charge in [0.2, 0.25) is 5.96 Å². The van der Waals surface area contributed by atoms with Gasteiger partial charge in [0.25, 0.3) is 0 Å². The van der Waals surface area contributed by atoms with Gasteiger partial charge in [-0.05, 0) is 92.7 Å². The van der Waals surface area contributed by atoms with Gasteiger partial charge in [-0.25, -0.2) is 0 Å². The average molecular weight is 474 g/mol. The minimum atomic E-state index is 0.298. The Hall–Kier alpha value is -1.96. The van der Waals surface area contributed by atoms with E-state index in [4.69, 9.17) is 27.5 Å². The van der Waals surface area contributed by atoms with Gasteiger partial charge in [-0.2, -0.15) is 4.40 Å². The summed E-state index contributed by atoms with van der Waals surface area (Å²) in [6.45, 7) is 5.86. The maximum absolute atomic E-state index is 8.36. The van der Waals surface area contributed by atoms with Crippen molar-refractivity contribution in [2.45, 2.75) is 45.1 Å². The molecule has 1 aliphatic carbocycles. The van der Waals surface area contributed by atoms with Gasteiger partial charge in [-0.1, -0.05) is 17.7 Å². The number of piperidine rings is 1.